The van der Waals surface area contributed by atoms with E-state index in [0.717, 1.165) is 0 Å². The predicted octanol–water partition coefficient (Wildman–Crippen LogP) is 2.81. The summed E-state index contributed by atoms with van der Waals surface area (Å²) >= 11 is 6.07. The predicted molar refractivity (Wildman–Crippen MR) is 114 cm³/mol. The first kappa shape index (κ1) is 23.8. The molecular formula is C17H28ClIN4O2. The molecule has 1 rings (SSSR count). The Bertz CT molecular complexity index is 576. The zero-order valence-electron chi connectivity index (χ0n) is 15.4. The van der Waals surface area contributed by atoms with Crippen LogP contribution in [0.3, 0.4) is 0 Å². The monoisotopic (exact) mass is 482 g/mol. The Morgan fingerprint density at radius 1 is 1.28 bits per heavy atom. The van der Waals surface area contributed by atoms with Gasteiger partial charge in [0.2, 0.25) is 5.91 Å². The van der Waals surface area contributed by atoms with E-state index in [0.29, 0.717) is 23.3 Å². The minimum absolute atomic E-state index is 0. The van der Waals surface area contributed by atoms with E-state index in [2.05, 4.69) is 20.9 Å². The molecule has 0 heterocycles. The molecule has 0 radical (unpaired) electrons. The lowest BCUT2D eigenvalue weighted by atomic mass is 10.1. The topological polar surface area (TPSA) is 74.8 Å². The van der Waals surface area contributed by atoms with Crippen LogP contribution < -0.4 is 20.7 Å². The number of nitrogens with one attached hydrogen (secondary N) is 3. The molecule has 0 spiro atoms. The van der Waals surface area contributed by atoms with Gasteiger partial charge in [-0.2, -0.15) is 0 Å². The molecule has 8 heteroatoms. The fraction of sp³-hybridized carbons (Fsp3) is 0.529. The van der Waals surface area contributed by atoms with E-state index < -0.39 is 0 Å². The maximum Gasteiger partial charge on any atom is 0.239 e. The van der Waals surface area contributed by atoms with E-state index >= 15 is 0 Å². The van der Waals surface area contributed by atoms with Gasteiger partial charge in [-0.15, -0.1) is 24.0 Å². The highest BCUT2D eigenvalue weighted by atomic mass is 127. The van der Waals surface area contributed by atoms with Crippen LogP contribution in [0.5, 0.6) is 5.75 Å². The smallest absolute Gasteiger partial charge is 0.239 e. The number of hydrogen-bond acceptors (Lipinski definition) is 3. The normalized spacial score (nSPS) is 12.6. The number of guanidine groups is 1. The molecule has 0 aliphatic carbocycles. The summed E-state index contributed by atoms with van der Waals surface area (Å²) in [5.74, 6) is 1.08. The van der Waals surface area contributed by atoms with Crippen molar-refractivity contribution < 1.29 is 9.53 Å². The standard InChI is InChI=1S/C17H27ClN4O2.HI/c1-12(24-14-9-7-6-8-13(14)18)10-20-16(19-5)21-11-15(23)22-17(2,3)4;/h6-9,12H,10-11H2,1-5H3,(H,22,23)(H2,19,20,21);1H. The first-order valence-corrected chi connectivity index (χ1v) is 8.26. The van der Waals surface area contributed by atoms with E-state index in [4.69, 9.17) is 16.3 Å². The number of carbonyl (C=O) groups excluding carboxylic acids is 1. The van der Waals surface area contributed by atoms with E-state index in [1.165, 1.54) is 0 Å². The fourth-order valence-electron chi connectivity index (χ4n) is 1.89. The van der Waals surface area contributed by atoms with Gasteiger partial charge in [0.1, 0.15) is 11.9 Å². The lowest BCUT2D eigenvalue weighted by Gasteiger charge is -2.21. The van der Waals surface area contributed by atoms with Crippen LogP contribution in [-0.4, -0.2) is 43.6 Å². The van der Waals surface area contributed by atoms with Crippen molar-refractivity contribution in [3.8, 4) is 5.75 Å². The first-order valence-electron chi connectivity index (χ1n) is 7.88. The number of hydrogen-bond donors (Lipinski definition) is 3. The zero-order chi connectivity index (χ0) is 18.2. The second-order valence-electron chi connectivity index (χ2n) is 6.46. The van der Waals surface area contributed by atoms with Gasteiger partial charge in [-0.25, -0.2) is 0 Å². The molecule has 0 aliphatic rings. The van der Waals surface area contributed by atoms with Crippen LogP contribution in [-0.2, 0) is 4.79 Å². The molecule has 1 unspecified atom stereocenters. The highest BCUT2D eigenvalue weighted by Crippen LogP contribution is 2.23. The van der Waals surface area contributed by atoms with Gasteiger partial charge in [-0.1, -0.05) is 23.7 Å². The Kier molecular flexibility index (Phi) is 10.8. The van der Waals surface area contributed by atoms with Gasteiger partial charge < -0.3 is 20.7 Å². The fourth-order valence-corrected chi connectivity index (χ4v) is 2.07. The second-order valence-corrected chi connectivity index (χ2v) is 6.87. The summed E-state index contributed by atoms with van der Waals surface area (Å²) in [6.45, 7) is 8.40. The summed E-state index contributed by atoms with van der Waals surface area (Å²) in [7, 11) is 1.65. The van der Waals surface area contributed by atoms with Crippen molar-refractivity contribution in [3.63, 3.8) is 0 Å². The third kappa shape index (κ3) is 10.4. The molecule has 0 fully saturated rings. The van der Waals surface area contributed by atoms with Crippen LogP contribution in [0.2, 0.25) is 5.02 Å². The number of amides is 1. The molecule has 1 atom stereocenters. The number of benzene rings is 1. The quantitative estimate of drug-likeness (QED) is 0.331. The molecule has 3 N–H and O–H groups in total. The lowest BCUT2D eigenvalue weighted by Crippen LogP contribution is -2.49. The summed E-state index contributed by atoms with van der Waals surface area (Å²) < 4.78 is 5.77. The Morgan fingerprint density at radius 3 is 2.48 bits per heavy atom. The van der Waals surface area contributed by atoms with E-state index in [9.17, 15) is 4.79 Å². The van der Waals surface area contributed by atoms with Crippen LogP contribution in [0.1, 0.15) is 27.7 Å². The Hall–Kier alpha value is -1.22. The van der Waals surface area contributed by atoms with Crippen LogP contribution >= 0.6 is 35.6 Å². The van der Waals surface area contributed by atoms with Crippen molar-refractivity contribution >= 4 is 47.4 Å². The molecule has 0 saturated carbocycles. The average Bonchev–Trinajstić information content (AvgIpc) is 2.48. The Morgan fingerprint density at radius 2 is 1.92 bits per heavy atom. The van der Waals surface area contributed by atoms with Gasteiger partial charge in [0.15, 0.2) is 5.96 Å². The largest absolute Gasteiger partial charge is 0.487 e. The van der Waals surface area contributed by atoms with Crippen LogP contribution in [0.25, 0.3) is 0 Å². The summed E-state index contributed by atoms with van der Waals surface area (Å²) in [6.07, 6.45) is -0.119. The third-order valence-corrected chi connectivity index (χ3v) is 3.19. The number of rotatable bonds is 6. The highest BCUT2D eigenvalue weighted by molar-refractivity contribution is 14.0. The number of carbonyl (C=O) groups is 1. The molecule has 0 aromatic heterocycles. The molecule has 1 amide bonds. The van der Waals surface area contributed by atoms with Gasteiger partial charge >= 0.3 is 0 Å². The van der Waals surface area contributed by atoms with Crippen molar-refractivity contribution in [3.05, 3.63) is 29.3 Å². The molecule has 1 aromatic rings. The Labute approximate surface area is 172 Å². The van der Waals surface area contributed by atoms with Gasteiger partial charge in [0.05, 0.1) is 18.1 Å². The number of aliphatic imine (C=N–C) groups is 1. The number of ether oxygens (including phenoxy) is 1. The maximum absolute atomic E-state index is 11.8. The van der Waals surface area contributed by atoms with E-state index in [1.54, 1.807) is 13.1 Å². The van der Waals surface area contributed by atoms with Gasteiger partial charge in [-0.3, -0.25) is 9.79 Å². The molecule has 0 saturated heterocycles. The SMILES string of the molecule is CN=C(NCC(=O)NC(C)(C)C)NCC(C)Oc1ccccc1Cl.I. The molecule has 0 aliphatic heterocycles. The number of nitrogens with zero attached hydrogens (tertiary/aromatic N) is 1. The maximum atomic E-state index is 11.8. The first-order chi connectivity index (χ1) is 11.2. The summed E-state index contributed by atoms with van der Waals surface area (Å²) in [5, 5.41) is 9.54. The third-order valence-electron chi connectivity index (χ3n) is 2.88. The second kappa shape index (κ2) is 11.4. The van der Waals surface area contributed by atoms with E-state index in [-0.39, 0.29) is 48.1 Å². The number of para-hydroxylation sites is 1. The molecule has 25 heavy (non-hydrogen) atoms. The molecule has 1 aromatic carbocycles. The Balaban J connectivity index is 0.00000576. The van der Waals surface area contributed by atoms with Gasteiger partial charge in [0.25, 0.3) is 0 Å². The van der Waals surface area contributed by atoms with Crippen molar-refractivity contribution in [2.75, 3.05) is 20.1 Å². The van der Waals surface area contributed by atoms with Gasteiger partial charge in [-0.05, 0) is 39.8 Å². The summed E-state index contributed by atoms with van der Waals surface area (Å²) in [5.41, 5.74) is -0.257. The zero-order valence-corrected chi connectivity index (χ0v) is 18.4. The van der Waals surface area contributed by atoms with Crippen LogP contribution in [0.15, 0.2) is 29.3 Å². The van der Waals surface area contributed by atoms with Crippen LogP contribution in [0.4, 0.5) is 0 Å². The molecular weight excluding hydrogens is 455 g/mol. The van der Waals surface area contributed by atoms with Crippen molar-refractivity contribution in [1.29, 1.82) is 0 Å². The summed E-state index contributed by atoms with van der Waals surface area (Å²) in [6, 6.07) is 7.33. The molecule has 0 bridgehead atoms. The summed E-state index contributed by atoms with van der Waals surface area (Å²) in [4.78, 5) is 15.9. The lowest BCUT2D eigenvalue weighted by molar-refractivity contribution is -0.121. The average molecular weight is 483 g/mol. The van der Waals surface area contributed by atoms with Crippen LogP contribution in [0, 0.1) is 0 Å². The molecule has 6 nitrogen and oxygen atoms in total. The minimum atomic E-state index is -0.257. The van der Waals surface area contributed by atoms with Crippen molar-refractivity contribution in [2.45, 2.75) is 39.3 Å². The van der Waals surface area contributed by atoms with Crippen molar-refractivity contribution in [2.24, 2.45) is 4.99 Å². The van der Waals surface area contributed by atoms with Crippen molar-refractivity contribution in [1.82, 2.24) is 16.0 Å². The molecule has 142 valence electrons. The van der Waals surface area contributed by atoms with E-state index in [1.807, 2.05) is 45.9 Å². The highest BCUT2D eigenvalue weighted by Gasteiger charge is 2.14. The minimum Gasteiger partial charge on any atom is -0.487 e. The number of halogens is 2. The van der Waals surface area contributed by atoms with Gasteiger partial charge in [0, 0.05) is 12.6 Å².